The van der Waals surface area contributed by atoms with Gasteiger partial charge in [-0.3, -0.25) is 0 Å². The van der Waals surface area contributed by atoms with Crippen molar-refractivity contribution in [2.45, 2.75) is 36.9 Å². The summed E-state index contributed by atoms with van der Waals surface area (Å²) in [6.07, 6.45) is -3.60. The van der Waals surface area contributed by atoms with Crippen LogP contribution in [0.4, 0.5) is 13.2 Å². The second-order valence-electron chi connectivity index (χ2n) is 7.23. The van der Waals surface area contributed by atoms with Gasteiger partial charge in [0.05, 0.1) is 28.7 Å². The van der Waals surface area contributed by atoms with Crippen LogP contribution in [0, 0.1) is 0 Å². The van der Waals surface area contributed by atoms with Gasteiger partial charge in [-0.05, 0) is 54.8 Å². The molecule has 0 saturated heterocycles. The molecule has 0 saturated carbocycles. The molecule has 30 heavy (non-hydrogen) atoms. The van der Waals surface area contributed by atoms with Crippen molar-refractivity contribution in [2.24, 2.45) is 0 Å². The van der Waals surface area contributed by atoms with Crippen LogP contribution in [-0.4, -0.2) is 32.5 Å². The lowest BCUT2D eigenvalue weighted by molar-refractivity contribution is -0.137. The van der Waals surface area contributed by atoms with Gasteiger partial charge in [0.2, 0.25) is 10.0 Å². The first kappa shape index (κ1) is 21.3. The SMILES string of the molecule is C[C@H]1c2cc3c(cc2CCN1S(=O)(=O)c1ccc(Cl)c(C(F)(F)F)c1)OCCCO3. The maximum atomic E-state index is 13.2. The zero-order chi connectivity index (χ0) is 21.7. The number of hydrogen-bond acceptors (Lipinski definition) is 4. The molecule has 2 aromatic rings. The number of ether oxygens (including phenoxy) is 2. The van der Waals surface area contributed by atoms with Crippen LogP contribution in [0.3, 0.4) is 0 Å². The van der Waals surface area contributed by atoms with Crippen molar-refractivity contribution in [3.63, 3.8) is 0 Å². The van der Waals surface area contributed by atoms with Crippen LogP contribution < -0.4 is 9.47 Å². The lowest BCUT2D eigenvalue weighted by Crippen LogP contribution is -2.39. The van der Waals surface area contributed by atoms with Crippen molar-refractivity contribution < 1.29 is 31.1 Å². The summed E-state index contributed by atoms with van der Waals surface area (Å²) in [5.41, 5.74) is 0.510. The first-order valence-corrected chi connectivity index (χ1v) is 11.2. The van der Waals surface area contributed by atoms with E-state index in [1.807, 2.05) is 6.07 Å². The van der Waals surface area contributed by atoms with E-state index in [1.165, 1.54) is 4.31 Å². The molecule has 0 fully saturated rings. The van der Waals surface area contributed by atoms with Crippen LogP contribution in [0.2, 0.25) is 5.02 Å². The molecule has 1 atom stereocenters. The van der Waals surface area contributed by atoms with Crippen LogP contribution in [0.15, 0.2) is 35.2 Å². The number of alkyl halides is 3. The quantitative estimate of drug-likeness (QED) is 0.643. The summed E-state index contributed by atoms with van der Waals surface area (Å²) < 4.78 is 78.6. The first-order valence-electron chi connectivity index (χ1n) is 9.40. The normalized spacial score (nSPS) is 19.8. The summed E-state index contributed by atoms with van der Waals surface area (Å²) >= 11 is 5.64. The van der Waals surface area contributed by atoms with Gasteiger partial charge in [-0.2, -0.15) is 17.5 Å². The highest BCUT2D eigenvalue weighted by atomic mass is 35.5. The Hall–Kier alpha value is -1.97. The predicted octanol–water partition coefficient (Wildman–Crippen LogP) is 4.83. The molecule has 0 spiro atoms. The summed E-state index contributed by atoms with van der Waals surface area (Å²) in [5.74, 6) is 1.17. The molecule has 4 rings (SSSR count). The molecular weight excluding hydrogens is 443 g/mol. The number of fused-ring (bicyclic) bond motifs is 2. The molecule has 0 aliphatic carbocycles. The summed E-state index contributed by atoms with van der Waals surface area (Å²) in [6, 6.07) is 5.70. The Kier molecular flexibility index (Phi) is 5.40. The molecule has 0 unspecified atom stereocenters. The number of rotatable bonds is 2. The minimum atomic E-state index is -4.75. The van der Waals surface area contributed by atoms with E-state index in [2.05, 4.69) is 0 Å². The number of halogens is 4. The van der Waals surface area contributed by atoms with Gasteiger partial charge in [-0.1, -0.05) is 11.6 Å². The van der Waals surface area contributed by atoms with E-state index in [1.54, 1.807) is 13.0 Å². The molecule has 0 N–H and O–H groups in total. The Labute approximate surface area is 177 Å². The molecular formula is C20H19ClF3NO4S. The monoisotopic (exact) mass is 461 g/mol. The Balaban J connectivity index is 1.72. The van der Waals surface area contributed by atoms with Crippen molar-refractivity contribution in [3.8, 4) is 11.5 Å². The van der Waals surface area contributed by atoms with Crippen molar-refractivity contribution in [2.75, 3.05) is 19.8 Å². The zero-order valence-corrected chi connectivity index (χ0v) is 17.6. The molecule has 0 amide bonds. The standard InChI is InChI=1S/C20H19ClF3NO4S/c1-12-15-11-19-18(28-7-2-8-29-19)9-13(15)5-6-25(12)30(26,27)14-3-4-17(21)16(10-14)20(22,23)24/h3-4,9-12H,2,5-8H2,1H3/t12-/m0/s1. The van der Waals surface area contributed by atoms with Crippen molar-refractivity contribution in [1.82, 2.24) is 4.31 Å². The summed E-state index contributed by atoms with van der Waals surface area (Å²) in [4.78, 5) is -0.441. The Bertz CT molecular complexity index is 1090. The number of sulfonamides is 1. The third kappa shape index (κ3) is 3.74. The Morgan fingerprint density at radius 2 is 1.77 bits per heavy atom. The van der Waals surface area contributed by atoms with Crippen LogP contribution in [0.25, 0.3) is 0 Å². The zero-order valence-electron chi connectivity index (χ0n) is 16.0. The topological polar surface area (TPSA) is 55.8 Å². The van der Waals surface area contributed by atoms with E-state index in [9.17, 15) is 21.6 Å². The lowest BCUT2D eigenvalue weighted by atomic mass is 9.94. The van der Waals surface area contributed by atoms with Crippen molar-refractivity contribution >= 4 is 21.6 Å². The van der Waals surface area contributed by atoms with Gasteiger partial charge in [-0.15, -0.1) is 0 Å². The predicted molar refractivity (Wildman–Crippen MR) is 105 cm³/mol. The number of hydrogen-bond donors (Lipinski definition) is 0. The minimum absolute atomic E-state index is 0.139. The second-order valence-corrected chi connectivity index (χ2v) is 9.53. The van der Waals surface area contributed by atoms with E-state index < -0.39 is 37.7 Å². The van der Waals surface area contributed by atoms with Crippen molar-refractivity contribution in [1.29, 1.82) is 0 Å². The molecule has 2 aliphatic rings. The van der Waals surface area contributed by atoms with Crippen LogP contribution >= 0.6 is 11.6 Å². The smallest absolute Gasteiger partial charge is 0.417 e. The van der Waals surface area contributed by atoms with E-state index in [-0.39, 0.29) is 6.54 Å². The molecule has 0 bridgehead atoms. The second kappa shape index (κ2) is 7.62. The Morgan fingerprint density at radius 1 is 1.10 bits per heavy atom. The minimum Gasteiger partial charge on any atom is -0.490 e. The third-order valence-corrected chi connectivity index (χ3v) is 7.64. The van der Waals surface area contributed by atoms with E-state index in [0.717, 1.165) is 29.7 Å². The summed E-state index contributed by atoms with van der Waals surface area (Å²) in [7, 11) is -4.18. The van der Waals surface area contributed by atoms with Gasteiger partial charge >= 0.3 is 6.18 Å². The highest BCUT2D eigenvalue weighted by Gasteiger charge is 2.38. The molecule has 2 aromatic carbocycles. The average molecular weight is 462 g/mol. The summed E-state index contributed by atoms with van der Waals surface area (Å²) in [5, 5.41) is -0.543. The van der Waals surface area contributed by atoms with Gasteiger partial charge in [0, 0.05) is 19.0 Å². The van der Waals surface area contributed by atoms with E-state index >= 15 is 0 Å². The van der Waals surface area contributed by atoms with E-state index in [4.69, 9.17) is 21.1 Å². The fourth-order valence-corrected chi connectivity index (χ4v) is 5.66. The first-order chi connectivity index (χ1) is 14.1. The molecule has 162 valence electrons. The largest absolute Gasteiger partial charge is 0.490 e. The highest BCUT2D eigenvalue weighted by Crippen LogP contribution is 2.42. The fourth-order valence-electron chi connectivity index (χ4n) is 3.80. The molecule has 2 heterocycles. The van der Waals surface area contributed by atoms with Crippen LogP contribution in [0.5, 0.6) is 11.5 Å². The van der Waals surface area contributed by atoms with Crippen molar-refractivity contribution in [3.05, 3.63) is 52.0 Å². The molecule has 10 heteroatoms. The molecule has 5 nitrogen and oxygen atoms in total. The van der Waals surface area contributed by atoms with Gasteiger partial charge in [0.1, 0.15) is 0 Å². The number of nitrogens with zero attached hydrogens (tertiary/aromatic N) is 1. The van der Waals surface area contributed by atoms with Crippen LogP contribution in [-0.2, 0) is 22.6 Å². The Morgan fingerprint density at radius 3 is 2.43 bits per heavy atom. The van der Waals surface area contributed by atoms with Gasteiger partial charge in [-0.25, -0.2) is 8.42 Å². The maximum Gasteiger partial charge on any atom is 0.417 e. The van der Waals surface area contributed by atoms with Gasteiger partial charge < -0.3 is 9.47 Å². The maximum absolute atomic E-state index is 13.2. The molecule has 0 radical (unpaired) electrons. The number of benzene rings is 2. The van der Waals surface area contributed by atoms with E-state index in [0.29, 0.717) is 37.2 Å². The summed E-state index contributed by atoms with van der Waals surface area (Å²) in [6.45, 7) is 2.88. The average Bonchev–Trinajstić information content (AvgIpc) is 2.91. The lowest BCUT2D eigenvalue weighted by Gasteiger charge is -2.34. The highest BCUT2D eigenvalue weighted by molar-refractivity contribution is 7.89. The van der Waals surface area contributed by atoms with Crippen LogP contribution in [0.1, 0.15) is 36.1 Å². The third-order valence-electron chi connectivity index (χ3n) is 5.34. The van der Waals surface area contributed by atoms with Gasteiger partial charge in [0.15, 0.2) is 11.5 Å². The fraction of sp³-hybridized carbons (Fsp3) is 0.400. The van der Waals surface area contributed by atoms with Gasteiger partial charge in [0.25, 0.3) is 0 Å². The molecule has 2 aliphatic heterocycles. The molecule has 0 aromatic heterocycles.